The molecule has 0 amide bonds. The summed E-state index contributed by atoms with van der Waals surface area (Å²) >= 11 is 0. The second-order valence-corrected chi connectivity index (χ2v) is 8.53. The second kappa shape index (κ2) is 9.94. The molecule has 0 aromatic heterocycles. The molecule has 1 atom stereocenters. The predicted molar refractivity (Wildman–Crippen MR) is 113 cm³/mol. The third-order valence-corrected chi connectivity index (χ3v) is 6.02. The van der Waals surface area contributed by atoms with Crippen molar-refractivity contribution in [3.63, 3.8) is 0 Å². The van der Waals surface area contributed by atoms with Crippen molar-refractivity contribution in [2.45, 2.75) is 69.6 Å². The average molecular weight is 421 g/mol. The summed E-state index contributed by atoms with van der Waals surface area (Å²) in [5, 5.41) is 12.6. The highest BCUT2D eigenvalue weighted by atomic mass is 19.4. The minimum absolute atomic E-state index is 0.00498. The second-order valence-electron chi connectivity index (χ2n) is 8.53. The zero-order valence-corrected chi connectivity index (χ0v) is 17.4. The first-order valence-electron chi connectivity index (χ1n) is 10.6. The normalized spacial score (nSPS) is 22.1. The fraction of sp³-hybridized carbons (Fsp3) is 0.500. The number of hydrogen-bond donors (Lipinski definition) is 2. The summed E-state index contributed by atoms with van der Waals surface area (Å²) in [6, 6.07) is 21.1. The number of benzene rings is 2. The topological polar surface area (TPSA) is 35.5 Å². The summed E-state index contributed by atoms with van der Waals surface area (Å²) in [6.07, 6.45) is -1.17. The molecule has 1 aliphatic rings. The summed E-state index contributed by atoms with van der Waals surface area (Å²) < 4.78 is 38.6. The first kappa shape index (κ1) is 22.8. The number of rotatable bonds is 8. The van der Waals surface area contributed by atoms with Gasteiger partial charge in [-0.2, -0.15) is 13.2 Å². The van der Waals surface area contributed by atoms with Gasteiger partial charge in [0, 0.05) is 31.7 Å². The van der Waals surface area contributed by atoms with Crippen LogP contribution < -0.4 is 5.32 Å². The van der Waals surface area contributed by atoms with Gasteiger partial charge in [-0.05, 0) is 43.7 Å². The van der Waals surface area contributed by atoms with Gasteiger partial charge in [-0.3, -0.25) is 4.90 Å². The van der Waals surface area contributed by atoms with Crippen molar-refractivity contribution in [3.05, 3.63) is 71.8 Å². The first-order valence-corrected chi connectivity index (χ1v) is 10.6. The molecular formula is C24H31F3N2O. The van der Waals surface area contributed by atoms with Crippen molar-refractivity contribution in [2.24, 2.45) is 0 Å². The van der Waals surface area contributed by atoms with Crippen molar-refractivity contribution >= 4 is 0 Å². The molecule has 30 heavy (non-hydrogen) atoms. The van der Waals surface area contributed by atoms with Crippen LogP contribution in [0.2, 0.25) is 0 Å². The molecule has 6 heteroatoms. The predicted octanol–water partition coefficient (Wildman–Crippen LogP) is 4.90. The van der Waals surface area contributed by atoms with Crippen LogP contribution in [-0.2, 0) is 13.1 Å². The van der Waals surface area contributed by atoms with Crippen LogP contribution in [0.5, 0.6) is 0 Å². The molecule has 164 valence electrons. The molecule has 1 fully saturated rings. The molecule has 0 spiro atoms. The molecule has 3 nitrogen and oxygen atoms in total. The van der Waals surface area contributed by atoms with Gasteiger partial charge in [-0.1, -0.05) is 60.7 Å². The van der Waals surface area contributed by atoms with Crippen LogP contribution in [-0.4, -0.2) is 40.4 Å². The number of hydrogen-bond acceptors (Lipinski definition) is 3. The van der Waals surface area contributed by atoms with E-state index in [1.807, 2.05) is 36.4 Å². The molecule has 0 heterocycles. The van der Waals surface area contributed by atoms with Crippen molar-refractivity contribution in [2.75, 3.05) is 6.54 Å². The zero-order valence-electron chi connectivity index (χ0n) is 17.4. The summed E-state index contributed by atoms with van der Waals surface area (Å²) in [6.45, 7) is 2.05. The Labute approximate surface area is 176 Å². The Kier molecular flexibility index (Phi) is 7.55. The van der Waals surface area contributed by atoms with Crippen molar-refractivity contribution in [1.82, 2.24) is 10.2 Å². The molecule has 0 aliphatic heterocycles. The van der Waals surface area contributed by atoms with Gasteiger partial charge in [0.25, 0.3) is 0 Å². The number of alkyl halides is 3. The van der Waals surface area contributed by atoms with Gasteiger partial charge < -0.3 is 10.4 Å². The molecule has 1 saturated carbocycles. The van der Waals surface area contributed by atoms with Crippen molar-refractivity contribution < 1.29 is 18.3 Å². The van der Waals surface area contributed by atoms with Crippen LogP contribution in [0.4, 0.5) is 13.2 Å². The van der Waals surface area contributed by atoms with Crippen molar-refractivity contribution in [1.29, 1.82) is 0 Å². The average Bonchev–Trinajstić information content (AvgIpc) is 2.73. The number of aliphatic hydroxyl groups is 1. The maximum Gasteiger partial charge on any atom is 0.418 e. The Morgan fingerprint density at radius 2 is 1.33 bits per heavy atom. The minimum Gasteiger partial charge on any atom is -0.380 e. The van der Waals surface area contributed by atoms with Crippen LogP contribution >= 0.6 is 0 Å². The quantitative estimate of drug-likeness (QED) is 0.637. The lowest BCUT2D eigenvalue weighted by Crippen LogP contribution is -2.53. The number of nitrogens with one attached hydrogen (secondary N) is 1. The Morgan fingerprint density at radius 1 is 0.867 bits per heavy atom. The van der Waals surface area contributed by atoms with Gasteiger partial charge in [-0.25, -0.2) is 0 Å². The summed E-state index contributed by atoms with van der Waals surface area (Å²) in [7, 11) is 0. The maximum atomic E-state index is 12.9. The van der Waals surface area contributed by atoms with Crippen LogP contribution in [0.3, 0.4) is 0 Å². The highest BCUT2D eigenvalue weighted by Crippen LogP contribution is 2.31. The highest BCUT2D eigenvalue weighted by molar-refractivity contribution is 5.17. The molecule has 2 N–H and O–H groups in total. The molecule has 0 bridgehead atoms. The summed E-state index contributed by atoms with van der Waals surface area (Å²) in [4.78, 5) is 2.48. The third kappa shape index (κ3) is 6.30. The fourth-order valence-electron chi connectivity index (χ4n) is 4.04. The lowest BCUT2D eigenvalue weighted by molar-refractivity contribution is -0.250. The van der Waals surface area contributed by atoms with E-state index in [0.29, 0.717) is 6.04 Å². The van der Waals surface area contributed by atoms with Crippen LogP contribution in [0.25, 0.3) is 0 Å². The van der Waals surface area contributed by atoms with E-state index in [-0.39, 0.29) is 6.04 Å². The molecule has 2 aromatic carbocycles. The molecule has 0 saturated heterocycles. The van der Waals surface area contributed by atoms with Gasteiger partial charge in [0.05, 0.1) is 0 Å². The van der Waals surface area contributed by atoms with Crippen LogP contribution in [0.1, 0.15) is 43.7 Å². The van der Waals surface area contributed by atoms with Crippen LogP contribution in [0, 0.1) is 0 Å². The van der Waals surface area contributed by atoms with Gasteiger partial charge in [0.1, 0.15) is 0 Å². The number of halogens is 3. The molecule has 2 aromatic rings. The van der Waals surface area contributed by atoms with Gasteiger partial charge in [-0.15, -0.1) is 0 Å². The molecule has 0 radical (unpaired) electrons. The fourth-order valence-corrected chi connectivity index (χ4v) is 4.04. The monoisotopic (exact) mass is 420 g/mol. The van der Waals surface area contributed by atoms with E-state index in [1.54, 1.807) is 0 Å². The van der Waals surface area contributed by atoms with E-state index >= 15 is 0 Å². The molecule has 1 aliphatic carbocycles. The Balaban J connectivity index is 1.59. The first-order chi connectivity index (χ1) is 14.2. The lowest BCUT2D eigenvalue weighted by Gasteiger charge is -2.38. The molecule has 3 rings (SSSR count). The Bertz CT molecular complexity index is 716. The van der Waals surface area contributed by atoms with E-state index in [1.165, 1.54) is 11.1 Å². The van der Waals surface area contributed by atoms with E-state index in [9.17, 15) is 18.3 Å². The van der Waals surface area contributed by atoms with E-state index in [0.717, 1.165) is 45.7 Å². The Hall–Kier alpha value is -1.89. The maximum absolute atomic E-state index is 12.9. The van der Waals surface area contributed by atoms with Gasteiger partial charge >= 0.3 is 6.18 Å². The van der Waals surface area contributed by atoms with E-state index < -0.39 is 18.3 Å². The minimum atomic E-state index is -4.63. The standard InChI is InChI=1S/C24H31F3N2O/c1-23(30,24(25,26)27)18-28-21-12-14-22(15-13-21)29(16-19-8-4-2-5-9-19)17-20-10-6-3-7-11-20/h2-11,21-22,28,30H,12-18H2,1H3/t21-,22-,23?. The number of nitrogens with zero attached hydrogens (tertiary/aromatic N) is 1. The molecular weight excluding hydrogens is 389 g/mol. The van der Waals surface area contributed by atoms with Crippen LogP contribution in [0.15, 0.2) is 60.7 Å². The molecule has 1 unspecified atom stereocenters. The van der Waals surface area contributed by atoms with E-state index in [4.69, 9.17) is 0 Å². The van der Waals surface area contributed by atoms with Gasteiger partial charge in [0.2, 0.25) is 0 Å². The SMILES string of the molecule is CC(O)(CN[C@H]1CC[C@H](N(Cc2ccccc2)Cc2ccccc2)CC1)C(F)(F)F. The summed E-state index contributed by atoms with van der Waals surface area (Å²) in [5.74, 6) is 0. The van der Waals surface area contributed by atoms with Gasteiger partial charge in [0.15, 0.2) is 5.60 Å². The summed E-state index contributed by atoms with van der Waals surface area (Å²) in [5.41, 5.74) is -0.180. The zero-order chi connectivity index (χ0) is 21.6. The smallest absolute Gasteiger partial charge is 0.380 e. The third-order valence-electron chi connectivity index (χ3n) is 6.02. The van der Waals surface area contributed by atoms with E-state index in [2.05, 4.69) is 34.5 Å². The lowest BCUT2D eigenvalue weighted by atomic mass is 9.89. The largest absolute Gasteiger partial charge is 0.418 e. The highest BCUT2D eigenvalue weighted by Gasteiger charge is 2.49. The van der Waals surface area contributed by atoms with Crippen molar-refractivity contribution in [3.8, 4) is 0 Å². The Morgan fingerprint density at radius 3 is 1.77 bits per heavy atom.